The van der Waals surface area contributed by atoms with Crippen LogP contribution in [0.1, 0.15) is 96.2 Å². The number of β-amino-alcohol motifs (C(OH)–C–C–N with tert-alkyl or cyclic N) is 1. The van der Waals surface area contributed by atoms with Gasteiger partial charge in [0.05, 0.1) is 24.4 Å². The second-order valence-corrected chi connectivity index (χ2v) is 20.8. The number of carbonyl (C=O) groups excluding carboxylic acids is 3. The van der Waals surface area contributed by atoms with Crippen LogP contribution < -0.4 is 15.4 Å². The van der Waals surface area contributed by atoms with E-state index in [9.17, 15) is 19.5 Å². The van der Waals surface area contributed by atoms with E-state index in [1.165, 1.54) is 9.78 Å². The van der Waals surface area contributed by atoms with E-state index in [1.807, 2.05) is 122 Å². The zero-order chi connectivity index (χ0) is 49.7. The fraction of sp³-hybridized carbons (Fsp3) is 0.358. The van der Waals surface area contributed by atoms with Crippen LogP contribution in [0.5, 0.6) is 5.75 Å². The van der Waals surface area contributed by atoms with Crippen molar-refractivity contribution in [2.24, 2.45) is 10.9 Å². The number of amides is 3. The first-order chi connectivity index (χ1) is 34.2. The van der Waals surface area contributed by atoms with Crippen LogP contribution in [-0.2, 0) is 20.9 Å². The third-order valence-corrected chi connectivity index (χ3v) is 15.3. The monoisotopic (exact) mass is 993 g/mol. The molecule has 18 heteroatoms. The Labute approximate surface area is 420 Å². The number of nitrogens with one attached hydrogen (secondary N) is 2. The van der Waals surface area contributed by atoms with Gasteiger partial charge in [-0.15, -0.1) is 21.5 Å². The van der Waals surface area contributed by atoms with Gasteiger partial charge in [0.25, 0.3) is 0 Å². The lowest BCUT2D eigenvalue weighted by Crippen LogP contribution is -2.49. The molecule has 4 aromatic heterocycles. The molecule has 6 heterocycles. The number of likely N-dealkylation sites (tertiary alicyclic amines) is 1. The SMILES string of the molecule is Cc1sc2c(c1C)C(c1ccc(Cl)cc1)=N[C@@H](CC(=O)N[C@H]1C[C@@H](Oc3cccc(-c4cnn([C@@H](C(=O)N5C[C@H](O)C[C@H]5C(=O)NCc5ccc(-n6ccnc6C)cc5)C(C)C)c4)c3)C1)c1nnc(C)n1-2. The maximum absolute atomic E-state index is 14.4. The summed E-state index contributed by atoms with van der Waals surface area (Å²) in [6.07, 6.45) is 7.82. The minimum absolute atomic E-state index is 0.0546. The predicted octanol–water partition coefficient (Wildman–Crippen LogP) is 7.75. The van der Waals surface area contributed by atoms with E-state index >= 15 is 0 Å². The lowest BCUT2D eigenvalue weighted by molar-refractivity contribution is -0.142. The molecular formula is C53H56ClN11O5S. The van der Waals surface area contributed by atoms with Crippen molar-refractivity contribution in [1.29, 1.82) is 0 Å². The molecule has 3 aromatic carbocycles. The molecule has 7 aromatic rings. The second kappa shape index (κ2) is 19.7. The number of thiophene rings is 1. The van der Waals surface area contributed by atoms with Crippen LogP contribution in [0.2, 0.25) is 5.02 Å². The number of halogens is 1. The summed E-state index contributed by atoms with van der Waals surface area (Å²) in [5, 5.41) is 32.2. The molecule has 3 amide bonds. The first-order valence-corrected chi connectivity index (χ1v) is 25.2. The number of nitrogens with zero attached hydrogens (tertiary/aromatic N) is 9. The number of imidazole rings is 1. The van der Waals surface area contributed by atoms with Gasteiger partial charge >= 0.3 is 0 Å². The third-order valence-electron chi connectivity index (χ3n) is 13.8. The molecule has 0 radical (unpaired) electrons. The van der Waals surface area contributed by atoms with E-state index in [1.54, 1.807) is 28.4 Å². The minimum Gasteiger partial charge on any atom is -0.490 e. The van der Waals surface area contributed by atoms with Gasteiger partial charge < -0.3 is 29.9 Å². The van der Waals surface area contributed by atoms with Crippen molar-refractivity contribution in [3.8, 4) is 27.6 Å². The summed E-state index contributed by atoms with van der Waals surface area (Å²) >= 11 is 7.96. The summed E-state index contributed by atoms with van der Waals surface area (Å²) in [6, 6.07) is 21.1. The molecule has 366 valence electrons. The highest BCUT2D eigenvalue weighted by molar-refractivity contribution is 7.15. The Morgan fingerprint density at radius 1 is 0.930 bits per heavy atom. The van der Waals surface area contributed by atoms with E-state index in [0.29, 0.717) is 29.4 Å². The fourth-order valence-electron chi connectivity index (χ4n) is 9.87. The van der Waals surface area contributed by atoms with E-state index in [4.69, 9.17) is 21.3 Å². The molecular weight excluding hydrogens is 938 g/mol. The number of aliphatic hydroxyl groups excluding tert-OH is 1. The number of rotatable bonds is 14. The quantitative estimate of drug-likeness (QED) is 0.0980. The number of hydrogen-bond acceptors (Lipinski definition) is 11. The summed E-state index contributed by atoms with van der Waals surface area (Å²) in [6.45, 7) is 12.3. The molecule has 0 bridgehead atoms. The summed E-state index contributed by atoms with van der Waals surface area (Å²) in [4.78, 5) is 53.9. The molecule has 71 heavy (non-hydrogen) atoms. The van der Waals surface area contributed by atoms with Gasteiger partial charge in [-0.05, 0) is 86.7 Å². The number of fused-ring (bicyclic) bond motifs is 3. The average molecular weight is 995 g/mol. The van der Waals surface area contributed by atoms with Crippen LogP contribution in [0, 0.1) is 33.6 Å². The normalized spacial score (nSPS) is 19.9. The van der Waals surface area contributed by atoms with Crippen molar-refractivity contribution in [2.75, 3.05) is 6.54 Å². The zero-order valence-electron chi connectivity index (χ0n) is 40.4. The predicted molar refractivity (Wildman–Crippen MR) is 271 cm³/mol. The summed E-state index contributed by atoms with van der Waals surface area (Å²) in [7, 11) is 0. The molecule has 1 saturated carbocycles. The van der Waals surface area contributed by atoms with E-state index < -0.39 is 24.2 Å². The summed E-state index contributed by atoms with van der Waals surface area (Å²) < 4.78 is 12.1. The minimum atomic E-state index is -0.827. The summed E-state index contributed by atoms with van der Waals surface area (Å²) in [5.74, 6) is 2.03. The Hall–Kier alpha value is -6.95. The Kier molecular flexibility index (Phi) is 13.2. The molecule has 0 unspecified atom stereocenters. The number of aromatic nitrogens is 7. The number of aliphatic hydroxyl groups is 1. The maximum Gasteiger partial charge on any atom is 0.248 e. The molecule has 2 aliphatic heterocycles. The van der Waals surface area contributed by atoms with Gasteiger partial charge in [0.15, 0.2) is 5.82 Å². The third kappa shape index (κ3) is 9.65. The maximum atomic E-state index is 14.4. The van der Waals surface area contributed by atoms with Gasteiger partial charge in [0, 0.05) is 89.3 Å². The van der Waals surface area contributed by atoms with Crippen molar-refractivity contribution < 1.29 is 24.2 Å². The van der Waals surface area contributed by atoms with Crippen LogP contribution in [0.4, 0.5) is 0 Å². The lowest BCUT2D eigenvalue weighted by Gasteiger charge is -2.36. The van der Waals surface area contributed by atoms with Crippen molar-refractivity contribution in [1.82, 2.24) is 49.6 Å². The highest BCUT2D eigenvalue weighted by Gasteiger charge is 2.43. The first-order valence-electron chi connectivity index (χ1n) is 24.0. The van der Waals surface area contributed by atoms with Crippen molar-refractivity contribution >= 4 is 46.4 Å². The van der Waals surface area contributed by atoms with Gasteiger partial charge in [0.1, 0.15) is 46.6 Å². The Morgan fingerprint density at radius 3 is 2.44 bits per heavy atom. The standard InChI is InChI=1S/C53H56ClN11O5S/c1-29(2)49(52(69)63-28-41(66)23-45(63)51(68)56-25-34-10-16-40(17-11-34)62-19-18-55-32(62)5)64-27-37(26-57-64)36-8-7-9-42(20-36)70-43-21-39(22-43)58-46(67)24-44-50-61-60-33(6)65(50)53-47(30(3)31(4)71-53)48(59-44)35-12-14-38(54)15-13-35/h7-20,26-27,29,39,41,43-45,49,66H,21-25,28H2,1-6H3,(H,56,68)(H,58,67)/t39-,41-,43+,44+,45+,49-/m1/s1. The zero-order valence-corrected chi connectivity index (χ0v) is 42.0. The van der Waals surface area contributed by atoms with Crippen LogP contribution in [0.3, 0.4) is 0 Å². The van der Waals surface area contributed by atoms with Gasteiger partial charge in [-0.25, -0.2) is 4.98 Å². The second-order valence-electron chi connectivity index (χ2n) is 19.1. The number of benzene rings is 3. The Bertz CT molecular complexity index is 3150. The molecule has 3 N–H and O–H groups in total. The molecule has 2 fully saturated rings. The van der Waals surface area contributed by atoms with Crippen LogP contribution in [0.15, 0.2) is 103 Å². The van der Waals surface area contributed by atoms with Crippen molar-refractivity contribution in [3.05, 3.63) is 147 Å². The average Bonchev–Trinajstić information content (AvgIpc) is 4.19. The Morgan fingerprint density at radius 2 is 1.70 bits per heavy atom. The number of hydrogen-bond donors (Lipinski definition) is 3. The van der Waals surface area contributed by atoms with Gasteiger partial charge in [-0.3, -0.25) is 28.6 Å². The number of carbonyl (C=O) groups is 3. The first kappa shape index (κ1) is 47.7. The van der Waals surface area contributed by atoms with Gasteiger partial charge in [-0.2, -0.15) is 5.10 Å². The number of aryl methyl sites for hydroxylation is 3. The molecule has 1 aliphatic carbocycles. The number of ether oxygens (including phenoxy) is 1. The van der Waals surface area contributed by atoms with E-state index in [2.05, 4.69) is 44.8 Å². The molecule has 1 saturated heterocycles. The van der Waals surface area contributed by atoms with Crippen LogP contribution >= 0.6 is 22.9 Å². The highest BCUT2D eigenvalue weighted by atomic mass is 35.5. The highest BCUT2D eigenvalue weighted by Crippen LogP contribution is 2.40. The molecule has 4 atom stereocenters. The van der Waals surface area contributed by atoms with Gasteiger partial charge in [0.2, 0.25) is 17.7 Å². The largest absolute Gasteiger partial charge is 0.490 e. The van der Waals surface area contributed by atoms with Crippen molar-refractivity contribution in [3.63, 3.8) is 0 Å². The number of aliphatic imine (C=N–C) groups is 1. The topological polar surface area (TPSA) is 187 Å². The molecule has 16 nitrogen and oxygen atoms in total. The van der Waals surface area contributed by atoms with E-state index in [0.717, 1.165) is 61.4 Å². The Balaban J connectivity index is 0.757. The van der Waals surface area contributed by atoms with E-state index in [-0.39, 0.29) is 61.7 Å². The van der Waals surface area contributed by atoms with Crippen LogP contribution in [-0.4, -0.2) is 98.4 Å². The molecule has 10 rings (SSSR count). The van der Waals surface area contributed by atoms with Gasteiger partial charge in [-0.1, -0.05) is 61.8 Å². The lowest BCUT2D eigenvalue weighted by atomic mass is 9.89. The summed E-state index contributed by atoms with van der Waals surface area (Å²) in [5.41, 5.74) is 7.39. The molecule has 3 aliphatic rings. The molecule has 0 spiro atoms. The van der Waals surface area contributed by atoms with Crippen molar-refractivity contribution in [2.45, 2.75) is 110 Å². The fourth-order valence-corrected chi connectivity index (χ4v) is 11.2. The van der Waals surface area contributed by atoms with Crippen LogP contribution in [0.25, 0.3) is 21.8 Å². The smallest absolute Gasteiger partial charge is 0.248 e.